The summed E-state index contributed by atoms with van der Waals surface area (Å²) >= 11 is 12.0. The number of carbonyl (C=O) groups is 1. The fourth-order valence-electron chi connectivity index (χ4n) is 2.38. The Bertz CT molecular complexity index is 917. The van der Waals surface area contributed by atoms with Gasteiger partial charge in [0.15, 0.2) is 6.10 Å². The van der Waals surface area contributed by atoms with Crippen molar-refractivity contribution in [2.24, 2.45) is 5.73 Å². The number of nitrogens with two attached hydrogens (primary N) is 1. The topological polar surface area (TPSA) is 89.7 Å². The van der Waals surface area contributed by atoms with Crippen molar-refractivity contribution in [3.05, 3.63) is 52.5 Å². The van der Waals surface area contributed by atoms with Crippen molar-refractivity contribution in [2.45, 2.75) is 11.0 Å². The summed E-state index contributed by atoms with van der Waals surface area (Å²) in [5.41, 5.74) is 5.59. The number of primary amides is 1. The zero-order valence-corrected chi connectivity index (χ0v) is 14.5. The van der Waals surface area contributed by atoms with E-state index >= 15 is 0 Å². The summed E-state index contributed by atoms with van der Waals surface area (Å²) in [6, 6.07) is 10.8. The van der Waals surface area contributed by atoms with Gasteiger partial charge in [0.05, 0.1) is 22.3 Å². The van der Waals surface area contributed by atoms with E-state index in [-0.39, 0.29) is 27.2 Å². The molecule has 2 N–H and O–H groups in total. The van der Waals surface area contributed by atoms with E-state index in [2.05, 4.69) is 0 Å². The molecule has 0 spiro atoms. The van der Waals surface area contributed by atoms with E-state index in [9.17, 15) is 13.2 Å². The summed E-state index contributed by atoms with van der Waals surface area (Å²) in [5, 5.41) is 0.0319. The number of hydrogen-bond donors (Lipinski definition) is 1. The SMILES string of the molecule is NC(=O)[C@H]1CN(S(=O)(=O)c2cccc(Cl)c2Cl)c2ccccc2O1. The van der Waals surface area contributed by atoms with Crippen LogP contribution in [0.15, 0.2) is 47.4 Å². The normalized spacial score (nSPS) is 17.1. The molecule has 0 unspecified atom stereocenters. The molecule has 9 heteroatoms. The Balaban J connectivity index is 2.16. The minimum atomic E-state index is -4.07. The smallest absolute Gasteiger partial charge is 0.266 e. The standard InChI is InChI=1S/C15H12Cl2N2O4S/c16-9-4-3-7-13(14(9)17)24(21,22)19-8-12(15(18)20)23-11-6-2-1-5-10(11)19/h1-7,12H,8H2,(H2,18,20)/t12-/m1/s1. The Kier molecular flexibility index (Phi) is 4.33. The number of ether oxygens (including phenoxy) is 1. The lowest BCUT2D eigenvalue weighted by atomic mass is 10.2. The second-order valence-corrected chi connectivity index (χ2v) is 7.68. The van der Waals surface area contributed by atoms with Gasteiger partial charge in [-0.05, 0) is 24.3 Å². The predicted molar refractivity (Wildman–Crippen MR) is 91.0 cm³/mol. The van der Waals surface area contributed by atoms with E-state index in [0.29, 0.717) is 5.69 Å². The second kappa shape index (κ2) is 6.16. The van der Waals surface area contributed by atoms with Crippen molar-refractivity contribution < 1.29 is 17.9 Å². The van der Waals surface area contributed by atoms with Crippen molar-refractivity contribution in [2.75, 3.05) is 10.8 Å². The Morgan fingerprint density at radius 3 is 2.58 bits per heavy atom. The molecule has 2 aromatic rings. The molecule has 0 fully saturated rings. The maximum absolute atomic E-state index is 13.1. The highest BCUT2D eigenvalue weighted by Gasteiger charge is 2.37. The number of rotatable bonds is 3. The van der Waals surface area contributed by atoms with Crippen LogP contribution in [0.2, 0.25) is 10.0 Å². The lowest BCUT2D eigenvalue weighted by molar-refractivity contribution is -0.124. The summed E-state index contributed by atoms with van der Waals surface area (Å²) in [6.45, 7) is -0.252. The van der Waals surface area contributed by atoms with Crippen LogP contribution in [0.4, 0.5) is 5.69 Å². The van der Waals surface area contributed by atoms with Crippen LogP contribution < -0.4 is 14.8 Å². The fraction of sp³-hybridized carbons (Fsp3) is 0.133. The molecule has 24 heavy (non-hydrogen) atoms. The van der Waals surface area contributed by atoms with Crippen LogP contribution in [0.25, 0.3) is 0 Å². The highest BCUT2D eigenvalue weighted by Crippen LogP contribution is 2.39. The van der Waals surface area contributed by atoms with E-state index in [0.717, 1.165) is 4.31 Å². The average Bonchev–Trinajstić information content (AvgIpc) is 2.56. The van der Waals surface area contributed by atoms with Gasteiger partial charge in [0, 0.05) is 0 Å². The molecule has 126 valence electrons. The number of benzene rings is 2. The van der Waals surface area contributed by atoms with Gasteiger partial charge in [-0.1, -0.05) is 41.4 Å². The first-order chi connectivity index (χ1) is 11.3. The van der Waals surface area contributed by atoms with Gasteiger partial charge in [-0.3, -0.25) is 9.10 Å². The van der Waals surface area contributed by atoms with Gasteiger partial charge < -0.3 is 10.5 Å². The number of sulfonamides is 1. The number of amides is 1. The number of fused-ring (bicyclic) bond motifs is 1. The van der Waals surface area contributed by atoms with Gasteiger partial charge in [0.1, 0.15) is 10.6 Å². The summed E-state index contributed by atoms with van der Waals surface area (Å²) in [6.07, 6.45) is -1.10. The molecule has 6 nitrogen and oxygen atoms in total. The molecule has 1 aliphatic rings. The number of halogens is 2. The van der Waals surface area contributed by atoms with Gasteiger partial charge in [-0.25, -0.2) is 8.42 Å². The molecule has 0 saturated heterocycles. The molecular formula is C15H12Cl2N2O4S. The quantitative estimate of drug-likeness (QED) is 0.876. The third kappa shape index (κ3) is 2.79. The third-order valence-electron chi connectivity index (χ3n) is 3.54. The summed E-state index contributed by atoms with van der Waals surface area (Å²) in [5.74, 6) is -0.517. The Morgan fingerprint density at radius 1 is 1.17 bits per heavy atom. The second-order valence-electron chi connectivity index (χ2n) is 5.06. The zero-order valence-electron chi connectivity index (χ0n) is 12.1. The first-order valence-corrected chi connectivity index (χ1v) is 9.03. The average molecular weight is 387 g/mol. The fourth-order valence-corrected chi connectivity index (χ4v) is 4.59. The largest absolute Gasteiger partial charge is 0.476 e. The van der Waals surface area contributed by atoms with E-state index in [1.165, 1.54) is 18.2 Å². The molecule has 1 amide bonds. The van der Waals surface area contributed by atoms with Crippen molar-refractivity contribution in [3.8, 4) is 5.75 Å². The molecule has 0 saturated carbocycles. The van der Waals surface area contributed by atoms with E-state index in [4.69, 9.17) is 33.7 Å². The maximum atomic E-state index is 13.1. The number of anilines is 1. The maximum Gasteiger partial charge on any atom is 0.266 e. The van der Waals surface area contributed by atoms with Gasteiger partial charge in [-0.2, -0.15) is 0 Å². The Hall–Kier alpha value is -1.96. The van der Waals surface area contributed by atoms with Crippen LogP contribution >= 0.6 is 23.2 Å². The molecule has 0 bridgehead atoms. The Morgan fingerprint density at radius 2 is 1.88 bits per heavy atom. The number of hydrogen-bond acceptors (Lipinski definition) is 4. The molecule has 1 aliphatic heterocycles. The van der Waals surface area contributed by atoms with Crippen LogP contribution in [0.3, 0.4) is 0 Å². The molecule has 3 rings (SSSR count). The van der Waals surface area contributed by atoms with Crippen LogP contribution in [0.1, 0.15) is 0 Å². The lowest BCUT2D eigenvalue weighted by Gasteiger charge is -2.34. The number of nitrogens with zero attached hydrogens (tertiary/aromatic N) is 1. The molecule has 2 aromatic carbocycles. The van der Waals surface area contributed by atoms with Gasteiger partial charge in [0.2, 0.25) is 0 Å². The minimum Gasteiger partial charge on any atom is -0.476 e. The van der Waals surface area contributed by atoms with Crippen LogP contribution in [-0.2, 0) is 14.8 Å². The highest BCUT2D eigenvalue weighted by atomic mass is 35.5. The third-order valence-corrected chi connectivity index (χ3v) is 6.29. The van der Waals surface area contributed by atoms with E-state index in [1.807, 2.05) is 0 Å². The first-order valence-electron chi connectivity index (χ1n) is 6.84. The molecule has 1 heterocycles. The van der Waals surface area contributed by atoms with Crippen molar-refractivity contribution in [1.29, 1.82) is 0 Å². The van der Waals surface area contributed by atoms with Crippen LogP contribution in [-0.4, -0.2) is 27.0 Å². The minimum absolute atomic E-state index is 0.0845. The molecule has 0 radical (unpaired) electrons. The van der Waals surface area contributed by atoms with E-state index < -0.39 is 22.0 Å². The van der Waals surface area contributed by atoms with Crippen LogP contribution in [0, 0.1) is 0 Å². The van der Waals surface area contributed by atoms with E-state index in [1.54, 1.807) is 24.3 Å². The summed E-state index contributed by atoms with van der Waals surface area (Å²) in [4.78, 5) is 11.4. The summed E-state index contributed by atoms with van der Waals surface area (Å²) in [7, 11) is -4.07. The monoisotopic (exact) mass is 386 g/mol. The zero-order chi connectivity index (χ0) is 17.5. The number of carbonyl (C=O) groups excluding carboxylic acids is 1. The van der Waals surface area contributed by atoms with Gasteiger partial charge in [0.25, 0.3) is 15.9 Å². The lowest BCUT2D eigenvalue weighted by Crippen LogP contribution is -2.49. The molecule has 0 aliphatic carbocycles. The van der Waals surface area contributed by atoms with Crippen molar-refractivity contribution in [3.63, 3.8) is 0 Å². The molecular weight excluding hydrogens is 375 g/mol. The predicted octanol–water partition coefficient (Wildman–Crippen LogP) is 2.44. The highest BCUT2D eigenvalue weighted by molar-refractivity contribution is 7.93. The van der Waals surface area contributed by atoms with Crippen molar-refractivity contribution in [1.82, 2.24) is 0 Å². The molecule has 1 atom stereocenters. The molecule has 0 aromatic heterocycles. The Labute approximate surface area is 148 Å². The van der Waals surface area contributed by atoms with Gasteiger partial charge in [-0.15, -0.1) is 0 Å². The summed E-state index contributed by atoms with van der Waals surface area (Å²) < 4.78 is 32.7. The number of para-hydroxylation sites is 2. The van der Waals surface area contributed by atoms with Gasteiger partial charge >= 0.3 is 0 Å². The first kappa shape index (κ1) is 16.9. The van der Waals surface area contributed by atoms with Crippen LogP contribution in [0.5, 0.6) is 5.75 Å². The van der Waals surface area contributed by atoms with Crippen molar-refractivity contribution >= 4 is 44.8 Å².